The van der Waals surface area contributed by atoms with Crippen molar-refractivity contribution >= 4 is 10.9 Å². The smallest absolute Gasteiger partial charge is 0.0992 e. The maximum absolute atomic E-state index is 8.99. The Hall–Kier alpha value is -2.53. The molecule has 0 aliphatic heterocycles. The van der Waals surface area contributed by atoms with Crippen molar-refractivity contribution in [1.82, 2.24) is 4.57 Å². The molecule has 0 amide bonds. The Labute approximate surface area is 112 Å². The van der Waals surface area contributed by atoms with E-state index in [9.17, 15) is 0 Å². The van der Waals surface area contributed by atoms with Gasteiger partial charge in [0.15, 0.2) is 0 Å². The third-order valence-corrected chi connectivity index (χ3v) is 3.38. The van der Waals surface area contributed by atoms with Crippen molar-refractivity contribution in [2.24, 2.45) is 0 Å². The summed E-state index contributed by atoms with van der Waals surface area (Å²) >= 11 is 0. The average molecular weight is 246 g/mol. The first-order valence-electron chi connectivity index (χ1n) is 6.31. The lowest BCUT2D eigenvalue weighted by molar-refractivity contribution is 0.836. The predicted octanol–water partition coefficient (Wildman–Crippen LogP) is 3.87. The number of benzene rings is 2. The SMILES string of the molecule is Cc1ccc(Cn2ccc3ccc(C#N)cc32)cc1. The van der Waals surface area contributed by atoms with Gasteiger partial charge in [-0.15, -0.1) is 0 Å². The lowest BCUT2D eigenvalue weighted by Gasteiger charge is -2.06. The number of rotatable bonds is 2. The maximum Gasteiger partial charge on any atom is 0.0992 e. The monoisotopic (exact) mass is 246 g/mol. The van der Waals surface area contributed by atoms with Crippen LogP contribution in [0.15, 0.2) is 54.7 Å². The van der Waals surface area contributed by atoms with Gasteiger partial charge in [-0.05, 0) is 36.1 Å². The van der Waals surface area contributed by atoms with E-state index in [1.807, 2.05) is 18.2 Å². The minimum Gasteiger partial charge on any atom is -0.343 e. The molecule has 0 spiro atoms. The topological polar surface area (TPSA) is 28.7 Å². The van der Waals surface area contributed by atoms with Crippen LogP contribution >= 0.6 is 0 Å². The molecule has 2 heteroatoms. The lowest BCUT2D eigenvalue weighted by atomic mass is 10.1. The Kier molecular flexibility index (Phi) is 2.81. The van der Waals surface area contributed by atoms with Crippen molar-refractivity contribution < 1.29 is 0 Å². The Balaban J connectivity index is 2.01. The molecule has 2 aromatic carbocycles. The van der Waals surface area contributed by atoms with E-state index >= 15 is 0 Å². The van der Waals surface area contributed by atoms with Crippen LogP contribution in [0.1, 0.15) is 16.7 Å². The molecule has 0 atom stereocenters. The van der Waals surface area contributed by atoms with Crippen molar-refractivity contribution in [3.63, 3.8) is 0 Å². The third-order valence-electron chi connectivity index (χ3n) is 3.38. The quantitative estimate of drug-likeness (QED) is 0.674. The molecule has 92 valence electrons. The van der Waals surface area contributed by atoms with Crippen LogP contribution in [0.25, 0.3) is 10.9 Å². The average Bonchev–Trinajstić information content (AvgIpc) is 2.84. The van der Waals surface area contributed by atoms with Gasteiger partial charge in [0.1, 0.15) is 0 Å². The van der Waals surface area contributed by atoms with Crippen molar-refractivity contribution in [3.8, 4) is 6.07 Å². The van der Waals surface area contributed by atoms with E-state index < -0.39 is 0 Å². The van der Waals surface area contributed by atoms with Gasteiger partial charge in [0.25, 0.3) is 0 Å². The van der Waals surface area contributed by atoms with Gasteiger partial charge in [-0.25, -0.2) is 0 Å². The molecule has 0 unspecified atom stereocenters. The molecule has 0 radical (unpaired) electrons. The van der Waals surface area contributed by atoms with Gasteiger partial charge in [-0.3, -0.25) is 0 Å². The van der Waals surface area contributed by atoms with Crippen molar-refractivity contribution in [2.45, 2.75) is 13.5 Å². The Morgan fingerprint density at radius 2 is 1.84 bits per heavy atom. The molecule has 0 saturated carbocycles. The summed E-state index contributed by atoms with van der Waals surface area (Å²) in [6.07, 6.45) is 2.08. The van der Waals surface area contributed by atoms with Crippen molar-refractivity contribution in [2.75, 3.05) is 0 Å². The Morgan fingerprint density at radius 1 is 1.05 bits per heavy atom. The summed E-state index contributed by atoms with van der Waals surface area (Å²) in [6, 6.07) is 18.6. The van der Waals surface area contributed by atoms with E-state index in [0.29, 0.717) is 5.56 Å². The van der Waals surface area contributed by atoms with Crippen LogP contribution in [0.2, 0.25) is 0 Å². The summed E-state index contributed by atoms with van der Waals surface area (Å²) in [5.41, 5.74) is 4.36. The fourth-order valence-corrected chi connectivity index (χ4v) is 2.28. The van der Waals surface area contributed by atoms with Crippen LogP contribution in [0.4, 0.5) is 0 Å². The molecule has 0 aliphatic rings. The molecule has 0 fully saturated rings. The predicted molar refractivity (Wildman–Crippen MR) is 76.9 cm³/mol. The van der Waals surface area contributed by atoms with Gasteiger partial charge < -0.3 is 4.57 Å². The van der Waals surface area contributed by atoms with E-state index in [0.717, 1.165) is 12.1 Å². The highest BCUT2D eigenvalue weighted by Gasteiger charge is 2.03. The number of hydrogen-bond donors (Lipinski definition) is 0. The van der Waals surface area contributed by atoms with E-state index in [2.05, 4.69) is 54.1 Å². The summed E-state index contributed by atoms with van der Waals surface area (Å²) in [5, 5.41) is 10.2. The largest absolute Gasteiger partial charge is 0.343 e. The summed E-state index contributed by atoms with van der Waals surface area (Å²) in [4.78, 5) is 0. The minimum atomic E-state index is 0.705. The number of fused-ring (bicyclic) bond motifs is 1. The van der Waals surface area contributed by atoms with Crippen LogP contribution in [0, 0.1) is 18.3 Å². The zero-order valence-electron chi connectivity index (χ0n) is 10.8. The van der Waals surface area contributed by atoms with E-state index in [-0.39, 0.29) is 0 Å². The van der Waals surface area contributed by atoms with Gasteiger partial charge in [0.05, 0.1) is 11.6 Å². The van der Waals surface area contributed by atoms with E-state index in [1.165, 1.54) is 16.5 Å². The highest BCUT2D eigenvalue weighted by atomic mass is 14.9. The minimum absolute atomic E-state index is 0.705. The number of nitrogens with zero attached hydrogens (tertiary/aromatic N) is 2. The standard InChI is InChI=1S/C17H14N2/c1-13-2-4-14(5-3-13)12-19-9-8-16-7-6-15(11-18)10-17(16)19/h2-10H,12H2,1H3. The highest BCUT2D eigenvalue weighted by Crippen LogP contribution is 2.19. The van der Waals surface area contributed by atoms with Crippen LogP contribution < -0.4 is 0 Å². The molecule has 0 saturated heterocycles. The maximum atomic E-state index is 8.99. The summed E-state index contributed by atoms with van der Waals surface area (Å²) < 4.78 is 2.18. The second kappa shape index (κ2) is 4.62. The molecule has 3 aromatic rings. The van der Waals surface area contributed by atoms with Gasteiger partial charge >= 0.3 is 0 Å². The molecule has 1 heterocycles. The lowest BCUT2D eigenvalue weighted by Crippen LogP contribution is -1.97. The number of hydrogen-bond acceptors (Lipinski definition) is 1. The van der Waals surface area contributed by atoms with Gasteiger partial charge in [-0.1, -0.05) is 35.9 Å². The fraction of sp³-hybridized carbons (Fsp3) is 0.118. The molecule has 0 bridgehead atoms. The van der Waals surface area contributed by atoms with Crippen molar-refractivity contribution in [3.05, 3.63) is 71.4 Å². The third kappa shape index (κ3) is 2.23. The first kappa shape index (κ1) is 11.6. The Morgan fingerprint density at radius 3 is 2.58 bits per heavy atom. The zero-order valence-corrected chi connectivity index (χ0v) is 10.8. The fourth-order valence-electron chi connectivity index (χ4n) is 2.28. The van der Waals surface area contributed by atoms with Crippen LogP contribution in [-0.2, 0) is 6.54 Å². The van der Waals surface area contributed by atoms with Crippen LogP contribution in [0.3, 0.4) is 0 Å². The first-order valence-corrected chi connectivity index (χ1v) is 6.31. The first-order chi connectivity index (χ1) is 9.26. The molecule has 1 aromatic heterocycles. The zero-order chi connectivity index (χ0) is 13.2. The van der Waals surface area contributed by atoms with Crippen LogP contribution in [0.5, 0.6) is 0 Å². The van der Waals surface area contributed by atoms with Gasteiger partial charge in [0.2, 0.25) is 0 Å². The van der Waals surface area contributed by atoms with E-state index in [4.69, 9.17) is 5.26 Å². The summed E-state index contributed by atoms with van der Waals surface area (Å²) in [7, 11) is 0. The van der Waals surface area contributed by atoms with E-state index in [1.54, 1.807) is 0 Å². The molecular formula is C17H14N2. The normalized spacial score (nSPS) is 10.5. The van der Waals surface area contributed by atoms with Crippen LogP contribution in [-0.4, -0.2) is 4.57 Å². The molecule has 0 aliphatic carbocycles. The van der Waals surface area contributed by atoms with Gasteiger partial charge in [0, 0.05) is 18.3 Å². The summed E-state index contributed by atoms with van der Waals surface area (Å²) in [6.45, 7) is 2.92. The molecule has 2 nitrogen and oxygen atoms in total. The van der Waals surface area contributed by atoms with Gasteiger partial charge in [-0.2, -0.15) is 5.26 Å². The molecule has 19 heavy (non-hydrogen) atoms. The van der Waals surface area contributed by atoms with Crippen molar-refractivity contribution in [1.29, 1.82) is 5.26 Å². The molecule has 0 N–H and O–H groups in total. The summed E-state index contributed by atoms with van der Waals surface area (Å²) in [5.74, 6) is 0. The number of aryl methyl sites for hydroxylation is 1. The second-order valence-corrected chi connectivity index (χ2v) is 4.81. The second-order valence-electron chi connectivity index (χ2n) is 4.81. The Bertz CT molecular complexity index is 758. The molecular weight excluding hydrogens is 232 g/mol. The number of nitriles is 1. The highest BCUT2D eigenvalue weighted by molar-refractivity contribution is 5.81. The number of aromatic nitrogens is 1. The molecule has 3 rings (SSSR count).